The number of aliphatic hydroxyl groups is 1. The van der Waals surface area contributed by atoms with Gasteiger partial charge in [0.1, 0.15) is 0 Å². The summed E-state index contributed by atoms with van der Waals surface area (Å²) >= 11 is 0. The van der Waals surface area contributed by atoms with Crippen molar-refractivity contribution in [2.75, 3.05) is 6.61 Å². The fourth-order valence-corrected chi connectivity index (χ4v) is 0.881. The van der Waals surface area contributed by atoms with Gasteiger partial charge in [0.15, 0.2) is 0 Å². The Labute approximate surface area is 63.8 Å². The highest BCUT2D eigenvalue weighted by molar-refractivity contribution is 4.92. The molecule has 0 atom stereocenters. The average molecular weight is 142 g/mol. The molecule has 0 radical (unpaired) electrons. The summed E-state index contributed by atoms with van der Waals surface area (Å²) in [5.41, 5.74) is 0.969. The van der Waals surface area contributed by atoms with Crippen molar-refractivity contribution in [3.05, 3.63) is 12.2 Å². The quantitative estimate of drug-likeness (QED) is 0.446. The Bertz CT molecular complexity index is 86.7. The normalized spacial score (nSPS) is 9.80. The molecule has 0 heterocycles. The topological polar surface area (TPSA) is 20.2 Å². The van der Waals surface area contributed by atoms with Crippen LogP contribution in [0.4, 0.5) is 0 Å². The van der Waals surface area contributed by atoms with Gasteiger partial charge < -0.3 is 5.11 Å². The first-order chi connectivity index (χ1) is 4.81. The van der Waals surface area contributed by atoms with Gasteiger partial charge in [0.25, 0.3) is 0 Å². The lowest BCUT2D eigenvalue weighted by atomic mass is 10.1. The van der Waals surface area contributed by atoms with Gasteiger partial charge in [0.2, 0.25) is 0 Å². The van der Waals surface area contributed by atoms with E-state index in [-0.39, 0.29) is 6.61 Å². The number of hydrogen-bond acceptors (Lipinski definition) is 1. The van der Waals surface area contributed by atoms with E-state index in [0.29, 0.717) is 0 Å². The minimum Gasteiger partial charge on any atom is -0.392 e. The maximum absolute atomic E-state index is 8.59. The summed E-state index contributed by atoms with van der Waals surface area (Å²) in [6.07, 6.45) is 6.03. The molecule has 0 unspecified atom stereocenters. The molecule has 0 aliphatic rings. The summed E-state index contributed by atoms with van der Waals surface area (Å²) in [5, 5.41) is 8.59. The summed E-state index contributed by atoms with van der Waals surface area (Å²) in [6.45, 7) is 6.07. The highest BCUT2D eigenvalue weighted by Gasteiger charge is 1.91. The zero-order chi connectivity index (χ0) is 7.82. The highest BCUT2D eigenvalue weighted by atomic mass is 16.3. The van der Waals surface area contributed by atoms with Gasteiger partial charge in [-0.15, -0.1) is 0 Å². The maximum Gasteiger partial charge on any atom is 0.0639 e. The SMILES string of the molecule is C=C(CO)CCCCCC. The molecule has 0 aromatic rings. The Morgan fingerprint density at radius 2 is 2.00 bits per heavy atom. The molecule has 0 rings (SSSR count). The summed E-state index contributed by atoms with van der Waals surface area (Å²) in [4.78, 5) is 0. The second kappa shape index (κ2) is 6.81. The van der Waals surface area contributed by atoms with Crippen LogP contribution in [-0.2, 0) is 0 Å². The van der Waals surface area contributed by atoms with Crippen LogP contribution in [0.5, 0.6) is 0 Å². The first kappa shape index (κ1) is 9.70. The molecule has 1 heteroatoms. The number of hydrogen-bond donors (Lipinski definition) is 1. The molecule has 0 amide bonds. The molecule has 60 valence electrons. The van der Waals surface area contributed by atoms with E-state index >= 15 is 0 Å². The Kier molecular flexibility index (Phi) is 6.61. The Morgan fingerprint density at radius 3 is 2.50 bits per heavy atom. The molecule has 0 aliphatic carbocycles. The van der Waals surface area contributed by atoms with Crippen LogP contribution in [0, 0.1) is 0 Å². The van der Waals surface area contributed by atoms with Crippen LogP contribution in [0.1, 0.15) is 39.0 Å². The number of rotatable bonds is 6. The van der Waals surface area contributed by atoms with Crippen LogP contribution in [0.25, 0.3) is 0 Å². The van der Waals surface area contributed by atoms with E-state index in [1.165, 1.54) is 25.7 Å². The predicted octanol–water partition coefficient (Wildman–Crippen LogP) is 2.51. The standard InChI is InChI=1S/C9H18O/c1-3-4-5-6-7-9(2)8-10/h10H,2-8H2,1H3. The second-order valence-corrected chi connectivity index (χ2v) is 2.72. The van der Waals surface area contributed by atoms with E-state index in [4.69, 9.17) is 5.11 Å². The van der Waals surface area contributed by atoms with Crippen molar-refractivity contribution < 1.29 is 5.11 Å². The van der Waals surface area contributed by atoms with Crippen LogP contribution in [0.3, 0.4) is 0 Å². The molecular weight excluding hydrogens is 124 g/mol. The van der Waals surface area contributed by atoms with Crippen molar-refractivity contribution in [3.63, 3.8) is 0 Å². The number of aliphatic hydroxyl groups excluding tert-OH is 1. The number of unbranched alkanes of at least 4 members (excludes halogenated alkanes) is 3. The van der Waals surface area contributed by atoms with Crippen molar-refractivity contribution >= 4 is 0 Å². The molecule has 0 spiro atoms. The summed E-state index contributed by atoms with van der Waals surface area (Å²) in [7, 11) is 0. The molecule has 1 nitrogen and oxygen atoms in total. The fraction of sp³-hybridized carbons (Fsp3) is 0.778. The van der Waals surface area contributed by atoms with E-state index in [0.717, 1.165) is 12.0 Å². The van der Waals surface area contributed by atoms with Crippen LogP contribution >= 0.6 is 0 Å². The average Bonchev–Trinajstić information content (AvgIpc) is 1.98. The maximum atomic E-state index is 8.59. The Balaban J connectivity index is 2.96. The van der Waals surface area contributed by atoms with Gasteiger partial charge in [0.05, 0.1) is 6.61 Å². The van der Waals surface area contributed by atoms with Crippen LogP contribution in [0.15, 0.2) is 12.2 Å². The van der Waals surface area contributed by atoms with Gasteiger partial charge >= 0.3 is 0 Å². The van der Waals surface area contributed by atoms with Crippen molar-refractivity contribution in [1.29, 1.82) is 0 Å². The third-order valence-electron chi connectivity index (χ3n) is 1.61. The molecule has 10 heavy (non-hydrogen) atoms. The molecule has 0 aromatic heterocycles. The second-order valence-electron chi connectivity index (χ2n) is 2.72. The lowest BCUT2D eigenvalue weighted by Crippen LogP contribution is -1.87. The largest absolute Gasteiger partial charge is 0.392 e. The molecule has 0 aliphatic heterocycles. The molecule has 0 saturated carbocycles. The van der Waals surface area contributed by atoms with Crippen LogP contribution in [0.2, 0.25) is 0 Å². The van der Waals surface area contributed by atoms with Crippen molar-refractivity contribution in [3.8, 4) is 0 Å². The van der Waals surface area contributed by atoms with Gasteiger partial charge in [-0.05, 0) is 12.8 Å². The first-order valence-corrected chi connectivity index (χ1v) is 4.08. The lowest BCUT2D eigenvalue weighted by molar-refractivity contribution is 0.326. The van der Waals surface area contributed by atoms with Crippen molar-refractivity contribution in [1.82, 2.24) is 0 Å². The van der Waals surface area contributed by atoms with E-state index in [1.807, 2.05) is 0 Å². The van der Waals surface area contributed by atoms with Gasteiger partial charge in [-0.2, -0.15) is 0 Å². The third kappa shape index (κ3) is 5.83. The summed E-state index contributed by atoms with van der Waals surface area (Å²) < 4.78 is 0. The molecule has 1 N–H and O–H groups in total. The van der Waals surface area contributed by atoms with E-state index in [1.54, 1.807) is 0 Å². The zero-order valence-corrected chi connectivity index (χ0v) is 6.90. The summed E-state index contributed by atoms with van der Waals surface area (Å²) in [5.74, 6) is 0. The lowest BCUT2D eigenvalue weighted by Gasteiger charge is -1.99. The minimum atomic E-state index is 0.159. The van der Waals surface area contributed by atoms with E-state index in [2.05, 4.69) is 13.5 Å². The van der Waals surface area contributed by atoms with E-state index < -0.39 is 0 Å². The third-order valence-corrected chi connectivity index (χ3v) is 1.61. The Hall–Kier alpha value is -0.300. The van der Waals surface area contributed by atoms with Crippen molar-refractivity contribution in [2.24, 2.45) is 0 Å². The molecule has 0 saturated heterocycles. The fourth-order valence-electron chi connectivity index (χ4n) is 0.881. The monoisotopic (exact) mass is 142 g/mol. The van der Waals surface area contributed by atoms with Gasteiger partial charge in [0, 0.05) is 0 Å². The molecule has 0 fully saturated rings. The van der Waals surface area contributed by atoms with Gasteiger partial charge in [-0.1, -0.05) is 38.3 Å². The van der Waals surface area contributed by atoms with Crippen molar-refractivity contribution in [2.45, 2.75) is 39.0 Å². The zero-order valence-electron chi connectivity index (χ0n) is 6.90. The first-order valence-electron chi connectivity index (χ1n) is 4.08. The highest BCUT2D eigenvalue weighted by Crippen LogP contribution is 2.07. The minimum absolute atomic E-state index is 0.159. The van der Waals surface area contributed by atoms with Gasteiger partial charge in [-0.3, -0.25) is 0 Å². The molecular formula is C9H18O. The van der Waals surface area contributed by atoms with Crippen LogP contribution in [-0.4, -0.2) is 11.7 Å². The van der Waals surface area contributed by atoms with Gasteiger partial charge in [-0.25, -0.2) is 0 Å². The smallest absolute Gasteiger partial charge is 0.0639 e. The van der Waals surface area contributed by atoms with E-state index in [9.17, 15) is 0 Å². The summed E-state index contributed by atoms with van der Waals surface area (Å²) in [6, 6.07) is 0. The molecule has 0 bridgehead atoms. The molecule has 0 aromatic carbocycles. The van der Waals surface area contributed by atoms with Crippen LogP contribution < -0.4 is 0 Å². The Morgan fingerprint density at radius 1 is 1.30 bits per heavy atom. The predicted molar refractivity (Wildman–Crippen MR) is 45.0 cm³/mol.